The molecular formula is C11H13BrN2. The number of benzene rings is 1. The Bertz CT molecular complexity index is 355. The average molecular weight is 253 g/mol. The van der Waals surface area contributed by atoms with Crippen molar-refractivity contribution in [3.63, 3.8) is 0 Å². The third-order valence-electron chi connectivity index (χ3n) is 2.01. The average Bonchev–Trinajstić information content (AvgIpc) is 2.17. The van der Waals surface area contributed by atoms with Gasteiger partial charge in [-0.1, -0.05) is 22.9 Å². The van der Waals surface area contributed by atoms with Crippen molar-refractivity contribution in [3.8, 4) is 6.07 Å². The van der Waals surface area contributed by atoms with Crippen LogP contribution >= 0.6 is 15.9 Å². The third-order valence-corrected chi connectivity index (χ3v) is 2.47. The largest absolute Gasteiger partial charge is 0.375 e. The molecule has 0 aliphatic heterocycles. The van der Waals surface area contributed by atoms with Crippen molar-refractivity contribution >= 4 is 21.6 Å². The first-order valence-corrected chi connectivity index (χ1v) is 5.38. The summed E-state index contributed by atoms with van der Waals surface area (Å²) in [5.41, 5.74) is 1.77. The van der Waals surface area contributed by atoms with Crippen molar-refractivity contribution in [1.29, 1.82) is 5.26 Å². The molecule has 0 saturated heterocycles. The minimum absolute atomic E-state index is 0.692. The number of hydrogen-bond donors (Lipinski definition) is 0. The fourth-order valence-corrected chi connectivity index (χ4v) is 1.80. The number of anilines is 1. The van der Waals surface area contributed by atoms with Crippen molar-refractivity contribution in [2.75, 3.05) is 18.5 Å². The first-order valence-electron chi connectivity index (χ1n) is 4.59. The molecule has 3 heteroatoms. The maximum atomic E-state index is 8.81. The molecule has 0 unspecified atom stereocenters. The lowest BCUT2D eigenvalue weighted by Gasteiger charge is -2.18. The lowest BCUT2D eigenvalue weighted by Crippen LogP contribution is -2.17. The van der Waals surface area contributed by atoms with E-state index in [1.54, 1.807) is 0 Å². The molecule has 0 aliphatic carbocycles. The lowest BCUT2D eigenvalue weighted by atomic mass is 10.2. The monoisotopic (exact) mass is 252 g/mol. The summed E-state index contributed by atoms with van der Waals surface area (Å²) in [7, 11) is 2.03. The maximum absolute atomic E-state index is 8.81. The molecule has 0 fully saturated rings. The number of rotatable bonds is 3. The van der Waals surface area contributed by atoms with E-state index >= 15 is 0 Å². The maximum Gasteiger partial charge on any atom is 0.0992 e. The Labute approximate surface area is 93.3 Å². The van der Waals surface area contributed by atoms with E-state index in [-0.39, 0.29) is 0 Å². The quantitative estimate of drug-likeness (QED) is 0.827. The van der Waals surface area contributed by atoms with Crippen LogP contribution in [0.2, 0.25) is 0 Å². The number of halogens is 1. The second-order valence-electron chi connectivity index (χ2n) is 3.23. The fourth-order valence-electron chi connectivity index (χ4n) is 1.32. The number of hydrogen-bond acceptors (Lipinski definition) is 2. The first kappa shape index (κ1) is 11.1. The highest BCUT2D eigenvalue weighted by Gasteiger charge is 2.02. The van der Waals surface area contributed by atoms with Crippen LogP contribution in [0.25, 0.3) is 0 Å². The van der Waals surface area contributed by atoms with Gasteiger partial charge in [0.25, 0.3) is 0 Å². The summed E-state index contributed by atoms with van der Waals surface area (Å²) in [4.78, 5) is 2.14. The minimum atomic E-state index is 0.692. The van der Waals surface area contributed by atoms with Crippen LogP contribution in [0.3, 0.4) is 0 Å². The summed E-state index contributed by atoms with van der Waals surface area (Å²) in [5.74, 6) is 0. The third kappa shape index (κ3) is 2.74. The van der Waals surface area contributed by atoms with Gasteiger partial charge < -0.3 is 4.90 Å². The van der Waals surface area contributed by atoms with E-state index in [0.717, 1.165) is 23.1 Å². The Morgan fingerprint density at radius 2 is 2.14 bits per heavy atom. The van der Waals surface area contributed by atoms with Crippen molar-refractivity contribution in [2.24, 2.45) is 0 Å². The predicted molar refractivity (Wildman–Crippen MR) is 62.4 cm³/mol. The van der Waals surface area contributed by atoms with E-state index in [1.807, 2.05) is 25.2 Å². The Morgan fingerprint density at radius 3 is 2.71 bits per heavy atom. The van der Waals surface area contributed by atoms with Crippen molar-refractivity contribution < 1.29 is 0 Å². The predicted octanol–water partition coefficient (Wildman–Crippen LogP) is 3.17. The van der Waals surface area contributed by atoms with E-state index in [9.17, 15) is 0 Å². The Hall–Kier alpha value is -1.01. The van der Waals surface area contributed by atoms with E-state index in [0.29, 0.717) is 5.56 Å². The fraction of sp³-hybridized carbons (Fsp3) is 0.364. The highest BCUT2D eigenvalue weighted by atomic mass is 79.9. The standard InChI is InChI=1S/C11H13BrN2/c1-3-4-14(2)11-6-9(8-13)5-10(12)7-11/h5-7H,3-4H2,1-2H3. The second-order valence-corrected chi connectivity index (χ2v) is 4.15. The Morgan fingerprint density at radius 1 is 1.43 bits per heavy atom. The van der Waals surface area contributed by atoms with Gasteiger partial charge in [0.05, 0.1) is 11.6 Å². The smallest absolute Gasteiger partial charge is 0.0992 e. The van der Waals surface area contributed by atoms with Crippen LogP contribution in [-0.2, 0) is 0 Å². The topological polar surface area (TPSA) is 27.0 Å². The summed E-state index contributed by atoms with van der Waals surface area (Å²) < 4.78 is 0.953. The van der Waals surface area contributed by atoms with Crippen molar-refractivity contribution in [2.45, 2.75) is 13.3 Å². The molecule has 74 valence electrons. The molecule has 0 saturated carbocycles. The summed E-state index contributed by atoms with van der Waals surface area (Å²) in [5, 5.41) is 8.81. The SMILES string of the molecule is CCCN(C)c1cc(Br)cc(C#N)c1. The second kappa shape index (κ2) is 5.02. The van der Waals surface area contributed by atoms with Crippen molar-refractivity contribution in [3.05, 3.63) is 28.2 Å². The van der Waals surface area contributed by atoms with Gasteiger partial charge in [0.2, 0.25) is 0 Å². The van der Waals surface area contributed by atoms with Gasteiger partial charge >= 0.3 is 0 Å². The zero-order valence-corrected chi connectivity index (χ0v) is 10.0. The number of nitrogens with zero attached hydrogens (tertiary/aromatic N) is 2. The van der Waals surface area contributed by atoms with Gasteiger partial charge in [-0.3, -0.25) is 0 Å². The molecule has 0 radical (unpaired) electrons. The van der Waals surface area contributed by atoms with E-state index in [2.05, 4.69) is 33.8 Å². The minimum Gasteiger partial charge on any atom is -0.375 e. The van der Waals surface area contributed by atoms with Gasteiger partial charge in [-0.25, -0.2) is 0 Å². The number of nitriles is 1. The molecule has 1 aromatic rings. The van der Waals surface area contributed by atoms with E-state index < -0.39 is 0 Å². The Balaban J connectivity index is 2.98. The molecular weight excluding hydrogens is 240 g/mol. The highest BCUT2D eigenvalue weighted by Crippen LogP contribution is 2.21. The van der Waals surface area contributed by atoms with E-state index in [4.69, 9.17) is 5.26 Å². The summed E-state index contributed by atoms with van der Waals surface area (Å²) >= 11 is 3.40. The summed E-state index contributed by atoms with van der Waals surface area (Å²) in [6, 6.07) is 7.90. The van der Waals surface area contributed by atoms with Crippen LogP contribution in [0.15, 0.2) is 22.7 Å². The van der Waals surface area contributed by atoms with Crippen molar-refractivity contribution in [1.82, 2.24) is 0 Å². The molecule has 0 bridgehead atoms. The van der Waals surface area contributed by atoms with E-state index in [1.165, 1.54) is 0 Å². The molecule has 0 N–H and O–H groups in total. The molecule has 0 spiro atoms. The zero-order chi connectivity index (χ0) is 10.6. The van der Waals surface area contributed by atoms with Crippen LogP contribution in [0.5, 0.6) is 0 Å². The molecule has 2 nitrogen and oxygen atoms in total. The lowest BCUT2D eigenvalue weighted by molar-refractivity contribution is 0.852. The van der Waals surface area contributed by atoms with Crippen LogP contribution in [0, 0.1) is 11.3 Å². The van der Waals surface area contributed by atoms with Crippen LogP contribution < -0.4 is 4.90 Å². The summed E-state index contributed by atoms with van der Waals surface area (Å²) in [6.07, 6.45) is 1.10. The highest BCUT2D eigenvalue weighted by molar-refractivity contribution is 9.10. The molecule has 0 aromatic heterocycles. The van der Waals surface area contributed by atoms with Gasteiger partial charge in [0, 0.05) is 23.8 Å². The molecule has 0 aliphatic rings. The normalized spacial score (nSPS) is 9.57. The van der Waals surface area contributed by atoms with Crippen LogP contribution in [0.1, 0.15) is 18.9 Å². The van der Waals surface area contributed by atoms with Gasteiger partial charge in [0.15, 0.2) is 0 Å². The summed E-state index contributed by atoms with van der Waals surface area (Å²) in [6.45, 7) is 3.14. The zero-order valence-electron chi connectivity index (χ0n) is 8.42. The molecule has 14 heavy (non-hydrogen) atoms. The Kier molecular flexibility index (Phi) is 3.97. The van der Waals surface area contributed by atoms with Gasteiger partial charge in [-0.15, -0.1) is 0 Å². The molecule has 1 aromatic carbocycles. The van der Waals surface area contributed by atoms with Gasteiger partial charge in [0.1, 0.15) is 0 Å². The van der Waals surface area contributed by atoms with Crippen LogP contribution in [0.4, 0.5) is 5.69 Å². The molecule has 1 rings (SSSR count). The van der Waals surface area contributed by atoms with Crippen LogP contribution in [-0.4, -0.2) is 13.6 Å². The van der Waals surface area contributed by atoms with Gasteiger partial charge in [-0.05, 0) is 24.6 Å². The molecule has 0 atom stereocenters. The van der Waals surface area contributed by atoms with Gasteiger partial charge in [-0.2, -0.15) is 5.26 Å². The molecule has 0 amide bonds. The first-order chi connectivity index (χ1) is 6.67. The molecule has 0 heterocycles.